The van der Waals surface area contributed by atoms with Crippen LogP contribution in [0.3, 0.4) is 0 Å². The Balaban J connectivity index is 1.66. The van der Waals surface area contributed by atoms with Crippen LogP contribution in [0.25, 0.3) is 21.5 Å². The summed E-state index contributed by atoms with van der Waals surface area (Å²) in [6.45, 7) is 2.21. The minimum absolute atomic E-state index is 0.450. The monoisotopic (exact) mass is 484 g/mol. The van der Waals surface area contributed by atoms with E-state index in [2.05, 4.69) is 10.6 Å². The molecule has 4 rings (SSSR count). The van der Waals surface area contributed by atoms with E-state index in [0.29, 0.717) is 11.4 Å². The lowest BCUT2D eigenvalue weighted by molar-refractivity contribution is -0.171. The van der Waals surface area contributed by atoms with E-state index in [9.17, 15) is 19.2 Å². The molecule has 36 heavy (non-hydrogen) atoms. The third kappa shape index (κ3) is 5.50. The highest BCUT2D eigenvalue weighted by molar-refractivity contribution is 6.09. The molecule has 0 aliphatic carbocycles. The van der Waals surface area contributed by atoms with E-state index in [1.807, 2.05) is 60.7 Å². The zero-order valence-electron chi connectivity index (χ0n) is 19.7. The van der Waals surface area contributed by atoms with E-state index in [0.717, 1.165) is 35.4 Å². The van der Waals surface area contributed by atoms with Crippen molar-refractivity contribution >= 4 is 56.7 Å². The van der Waals surface area contributed by atoms with Crippen molar-refractivity contribution in [2.75, 3.05) is 10.6 Å². The van der Waals surface area contributed by atoms with E-state index >= 15 is 0 Å². The standard InChI is InChI=1S/C28H24N2O6/c1-17(31)35-25(27(33)29-23-15-7-11-19-9-3-5-13-21(19)23)26(36-18(2)32)28(34)30-24-16-8-12-20-10-4-6-14-22(20)24/h3-16,25-26H,1-2H3,(H,29,33)(H,30,34)/t25-,26-/m0/s1. The Morgan fingerprint density at radius 2 is 0.917 bits per heavy atom. The van der Waals surface area contributed by atoms with Crippen LogP contribution in [0.1, 0.15) is 13.8 Å². The highest BCUT2D eigenvalue weighted by atomic mass is 16.6. The molecule has 8 nitrogen and oxygen atoms in total. The van der Waals surface area contributed by atoms with Crippen molar-refractivity contribution in [3.8, 4) is 0 Å². The molecule has 182 valence electrons. The first kappa shape index (κ1) is 24.4. The summed E-state index contributed by atoms with van der Waals surface area (Å²) in [6.07, 6.45) is -3.47. The zero-order chi connectivity index (χ0) is 25.7. The van der Waals surface area contributed by atoms with Crippen LogP contribution in [0.5, 0.6) is 0 Å². The predicted molar refractivity (Wildman–Crippen MR) is 136 cm³/mol. The molecule has 0 aliphatic heterocycles. The highest BCUT2D eigenvalue weighted by Gasteiger charge is 2.39. The molecule has 0 unspecified atom stereocenters. The van der Waals surface area contributed by atoms with Crippen molar-refractivity contribution in [3.05, 3.63) is 84.9 Å². The van der Waals surface area contributed by atoms with Gasteiger partial charge in [-0.3, -0.25) is 19.2 Å². The molecule has 4 aromatic carbocycles. The summed E-state index contributed by atoms with van der Waals surface area (Å²) >= 11 is 0. The lowest BCUT2D eigenvalue weighted by Gasteiger charge is -2.25. The fourth-order valence-corrected chi connectivity index (χ4v) is 3.94. The molecule has 0 saturated carbocycles. The first-order valence-corrected chi connectivity index (χ1v) is 11.2. The van der Waals surface area contributed by atoms with Gasteiger partial charge in [-0.2, -0.15) is 0 Å². The SMILES string of the molecule is CC(=O)O[C@H](C(=O)Nc1cccc2ccccc12)[C@H](OC(C)=O)C(=O)Nc1cccc2ccccc12. The van der Waals surface area contributed by atoms with Gasteiger partial charge in [-0.1, -0.05) is 72.8 Å². The number of hydrogen-bond acceptors (Lipinski definition) is 6. The summed E-state index contributed by atoms with van der Waals surface area (Å²) in [5.41, 5.74) is 0.901. The molecule has 0 aliphatic rings. The number of esters is 2. The van der Waals surface area contributed by atoms with Gasteiger partial charge in [0.25, 0.3) is 11.8 Å². The van der Waals surface area contributed by atoms with Gasteiger partial charge in [-0.05, 0) is 22.9 Å². The van der Waals surface area contributed by atoms with Crippen LogP contribution in [0.4, 0.5) is 11.4 Å². The zero-order valence-corrected chi connectivity index (χ0v) is 19.7. The second-order valence-corrected chi connectivity index (χ2v) is 8.09. The van der Waals surface area contributed by atoms with Gasteiger partial charge in [0.2, 0.25) is 12.2 Å². The molecule has 0 fully saturated rings. The number of benzene rings is 4. The summed E-state index contributed by atoms with van der Waals surface area (Å²) < 4.78 is 10.4. The second kappa shape index (κ2) is 10.7. The molecular formula is C28H24N2O6. The van der Waals surface area contributed by atoms with Gasteiger partial charge in [-0.25, -0.2) is 0 Å². The Morgan fingerprint density at radius 3 is 1.31 bits per heavy atom. The third-order valence-electron chi connectivity index (χ3n) is 5.47. The molecule has 2 atom stereocenters. The number of anilines is 2. The summed E-state index contributed by atoms with van der Waals surface area (Å²) in [4.78, 5) is 50.4. The van der Waals surface area contributed by atoms with Crippen molar-refractivity contribution in [1.82, 2.24) is 0 Å². The minimum atomic E-state index is -1.74. The van der Waals surface area contributed by atoms with Crippen LogP contribution in [-0.4, -0.2) is 36.0 Å². The molecular weight excluding hydrogens is 460 g/mol. The number of nitrogens with one attached hydrogen (secondary N) is 2. The number of ether oxygens (including phenoxy) is 2. The Kier molecular flexibility index (Phi) is 7.25. The molecule has 0 bridgehead atoms. The van der Waals surface area contributed by atoms with E-state index < -0.39 is 36.0 Å². The second-order valence-electron chi connectivity index (χ2n) is 8.09. The molecule has 0 heterocycles. The Labute approximate surface area is 207 Å². The smallest absolute Gasteiger partial charge is 0.303 e. The van der Waals surface area contributed by atoms with Gasteiger partial charge in [0.15, 0.2) is 0 Å². The van der Waals surface area contributed by atoms with Crippen LogP contribution in [0, 0.1) is 0 Å². The third-order valence-corrected chi connectivity index (χ3v) is 5.47. The molecule has 2 amide bonds. The minimum Gasteiger partial charge on any atom is -0.448 e. The Morgan fingerprint density at radius 1 is 0.556 bits per heavy atom. The summed E-state index contributed by atoms with van der Waals surface area (Å²) in [7, 11) is 0. The van der Waals surface area contributed by atoms with Crippen molar-refractivity contribution in [2.24, 2.45) is 0 Å². The lowest BCUT2D eigenvalue weighted by atomic mass is 10.1. The summed E-state index contributed by atoms with van der Waals surface area (Å²) in [5, 5.41) is 8.67. The maximum absolute atomic E-state index is 13.3. The van der Waals surface area contributed by atoms with Crippen molar-refractivity contribution in [1.29, 1.82) is 0 Å². The molecule has 8 heteroatoms. The van der Waals surface area contributed by atoms with Gasteiger partial charge in [0, 0.05) is 36.0 Å². The maximum Gasteiger partial charge on any atom is 0.303 e. The topological polar surface area (TPSA) is 111 Å². The van der Waals surface area contributed by atoms with Crippen LogP contribution >= 0.6 is 0 Å². The number of carbonyl (C=O) groups excluding carboxylic acids is 4. The number of carbonyl (C=O) groups is 4. The van der Waals surface area contributed by atoms with Gasteiger partial charge >= 0.3 is 11.9 Å². The van der Waals surface area contributed by atoms with Crippen LogP contribution in [-0.2, 0) is 28.7 Å². The average molecular weight is 485 g/mol. The van der Waals surface area contributed by atoms with Crippen LogP contribution in [0.15, 0.2) is 84.9 Å². The molecule has 4 aromatic rings. The Hall–Kier alpha value is -4.72. The van der Waals surface area contributed by atoms with Gasteiger partial charge in [-0.15, -0.1) is 0 Å². The van der Waals surface area contributed by atoms with Gasteiger partial charge < -0.3 is 20.1 Å². The van der Waals surface area contributed by atoms with Crippen molar-refractivity contribution in [3.63, 3.8) is 0 Å². The lowest BCUT2D eigenvalue weighted by Crippen LogP contribution is -2.49. The fourth-order valence-electron chi connectivity index (χ4n) is 3.94. The molecule has 0 radical (unpaired) electrons. The van der Waals surface area contributed by atoms with Crippen molar-refractivity contribution < 1.29 is 28.7 Å². The number of rotatable bonds is 7. The first-order chi connectivity index (χ1) is 17.3. The Bertz CT molecular complexity index is 1340. The van der Waals surface area contributed by atoms with Crippen LogP contribution in [0.2, 0.25) is 0 Å². The van der Waals surface area contributed by atoms with Gasteiger partial charge in [0.05, 0.1) is 0 Å². The normalized spacial score (nSPS) is 12.4. The number of fused-ring (bicyclic) bond motifs is 2. The van der Waals surface area contributed by atoms with E-state index in [1.165, 1.54) is 0 Å². The predicted octanol–water partition coefficient (Wildman–Crippen LogP) is 4.43. The summed E-state index contributed by atoms with van der Waals surface area (Å²) in [5.74, 6) is -3.27. The molecule has 0 saturated heterocycles. The van der Waals surface area contributed by atoms with Gasteiger partial charge in [0.1, 0.15) is 0 Å². The maximum atomic E-state index is 13.3. The fraction of sp³-hybridized carbons (Fsp3) is 0.143. The number of amides is 2. The average Bonchev–Trinajstić information content (AvgIpc) is 2.86. The van der Waals surface area contributed by atoms with Crippen molar-refractivity contribution in [2.45, 2.75) is 26.1 Å². The largest absolute Gasteiger partial charge is 0.448 e. The molecule has 2 N–H and O–H groups in total. The number of hydrogen-bond donors (Lipinski definition) is 2. The van der Waals surface area contributed by atoms with E-state index in [1.54, 1.807) is 24.3 Å². The molecule has 0 aromatic heterocycles. The van der Waals surface area contributed by atoms with Crippen LogP contribution < -0.4 is 10.6 Å². The first-order valence-electron chi connectivity index (χ1n) is 11.2. The summed E-state index contributed by atoms with van der Waals surface area (Å²) in [6, 6.07) is 25.4. The van der Waals surface area contributed by atoms with E-state index in [-0.39, 0.29) is 0 Å². The quantitative estimate of drug-likeness (QED) is 0.376. The molecule has 0 spiro atoms. The highest BCUT2D eigenvalue weighted by Crippen LogP contribution is 2.25. The van der Waals surface area contributed by atoms with E-state index in [4.69, 9.17) is 9.47 Å².